The second kappa shape index (κ2) is 7.15. The number of methoxy groups -OCH3 is 1. The SMILES string of the molecule is COc1ccccc1NC(=O)C1=C(C)NC(=O)N[C@@H]1c1ccc2c(c1)OCO2. The van der Waals surface area contributed by atoms with Gasteiger partial charge >= 0.3 is 6.03 Å². The van der Waals surface area contributed by atoms with E-state index in [1.165, 1.54) is 7.11 Å². The fourth-order valence-electron chi connectivity index (χ4n) is 3.28. The minimum atomic E-state index is -0.641. The number of amides is 3. The number of para-hydroxylation sites is 2. The number of fused-ring (bicyclic) bond motifs is 1. The van der Waals surface area contributed by atoms with Crippen molar-refractivity contribution in [1.82, 2.24) is 10.6 Å². The highest BCUT2D eigenvalue weighted by Gasteiger charge is 2.32. The minimum absolute atomic E-state index is 0.146. The maximum absolute atomic E-state index is 13.1. The molecule has 1 atom stereocenters. The van der Waals surface area contributed by atoms with Gasteiger partial charge in [-0.3, -0.25) is 4.79 Å². The topological polar surface area (TPSA) is 97.9 Å². The van der Waals surface area contributed by atoms with Gasteiger partial charge in [0.25, 0.3) is 5.91 Å². The molecule has 0 bridgehead atoms. The molecule has 28 heavy (non-hydrogen) atoms. The average Bonchev–Trinajstić information content (AvgIpc) is 3.15. The van der Waals surface area contributed by atoms with E-state index < -0.39 is 6.04 Å². The predicted octanol–water partition coefficient (Wildman–Crippen LogP) is 2.69. The largest absolute Gasteiger partial charge is 0.495 e. The van der Waals surface area contributed by atoms with E-state index in [9.17, 15) is 9.59 Å². The number of hydrogen-bond acceptors (Lipinski definition) is 5. The quantitative estimate of drug-likeness (QED) is 0.756. The third kappa shape index (κ3) is 3.20. The van der Waals surface area contributed by atoms with Gasteiger partial charge in [0.05, 0.1) is 24.4 Å². The second-order valence-electron chi connectivity index (χ2n) is 6.34. The van der Waals surface area contributed by atoms with Gasteiger partial charge in [-0.25, -0.2) is 4.79 Å². The second-order valence-corrected chi connectivity index (χ2v) is 6.34. The van der Waals surface area contributed by atoms with Crippen LogP contribution in [0.1, 0.15) is 18.5 Å². The lowest BCUT2D eigenvalue weighted by Crippen LogP contribution is -2.46. The Bertz CT molecular complexity index is 986. The summed E-state index contributed by atoms with van der Waals surface area (Å²) in [5.41, 5.74) is 2.11. The number of hydrogen-bond donors (Lipinski definition) is 3. The molecule has 2 aliphatic heterocycles. The van der Waals surface area contributed by atoms with Crippen molar-refractivity contribution in [2.45, 2.75) is 13.0 Å². The van der Waals surface area contributed by atoms with E-state index in [-0.39, 0.29) is 18.7 Å². The maximum atomic E-state index is 13.1. The van der Waals surface area contributed by atoms with Gasteiger partial charge in [0, 0.05) is 5.70 Å². The molecule has 0 saturated carbocycles. The number of carbonyl (C=O) groups excluding carboxylic acids is 2. The van der Waals surface area contributed by atoms with Crippen molar-refractivity contribution in [3.8, 4) is 17.2 Å². The summed E-state index contributed by atoms with van der Waals surface area (Å²) < 4.78 is 16.0. The van der Waals surface area contributed by atoms with Crippen molar-refractivity contribution in [1.29, 1.82) is 0 Å². The first kappa shape index (κ1) is 17.7. The lowest BCUT2D eigenvalue weighted by Gasteiger charge is -2.29. The highest BCUT2D eigenvalue weighted by atomic mass is 16.7. The minimum Gasteiger partial charge on any atom is -0.495 e. The number of allylic oxidation sites excluding steroid dienone is 1. The van der Waals surface area contributed by atoms with E-state index >= 15 is 0 Å². The lowest BCUT2D eigenvalue weighted by atomic mass is 9.94. The number of nitrogens with one attached hydrogen (secondary N) is 3. The van der Waals surface area contributed by atoms with Crippen LogP contribution in [0.5, 0.6) is 17.2 Å². The molecule has 0 saturated heterocycles. The monoisotopic (exact) mass is 381 g/mol. The first-order valence-corrected chi connectivity index (χ1v) is 8.69. The first-order valence-electron chi connectivity index (χ1n) is 8.69. The van der Waals surface area contributed by atoms with E-state index in [0.29, 0.717) is 39.8 Å². The van der Waals surface area contributed by atoms with Crippen molar-refractivity contribution < 1.29 is 23.8 Å². The molecule has 2 heterocycles. The summed E-state index contributed by atoms with van der Waals surface area (Å²) in [6.07, 6.45) is 0. The fourth-order valence-corrected chi connectivity index (χ4v) is 3.28. The Kier molecular flexibility index (Phi) is 4.52. The van der Waals surface area contributed by atoms with Gasteiger partial charge in [0.1, 0.15) is 5.75 Å². The van der Waals surface area contributed by atoms with E-state index in [4.69, 9.17) is 14.2 Å². The summed E-state index contributed by atoms with van der Waals surface area (Å²) in [4.78, 5) is 25.2. The summed E-state index contributed by atoms with van der Waals surface area (Å²) in [7, 11) is 1.54. The first-order chi connectivity index (χ1) is 13.6. The van der Waals surface area contributed by atoms with Crippen LogP contribution in [0.25, 0.3) is 0 Å². The molecule has 0 spiro atoms. The van der Waals surface area contributed by atoms with Gasteiger partial charge in [-0.05, 0) is 36.8 Å². The van der Waals surface area contributed by atoms with Crippen molar-refractivity contribution in [3.63, 3.8) is 0 Å². The molecule has 2 aromatic rings. The Hall–Kier alpha value is -3.68. The summed E-state index contributed by atoms with van der Waals surface area (Å²) in [6.45, 7) is 1.84. The number of benzene rings is 2. The van der Waals surface area contributed by atoms with Crippen LogP contribution in [0.2, 0.25) is 0 Å². The molecule has 0 aliphatic carbocycles. The molecule has 0 aromatic heterocycles. The summed E-state index contributed by atoms with van der Waals surface area (Å²) >= 11 is 0. The third-order valence-electron chi connectivity index (χ3n) is 4.60. The predicted molar refractivity (Wildman–Crippen MR) is 101 cm³/mol. The Morgan fingerprint density at radius 2 is 1.96 bits per heavy atom. The molecule has 4 rings (SSSR count). The average molecular weight is 381 g/mol. The molecule has 0 unspecified atom stereocenters. The van der Waals surface area contributed by atoms with E-state index in [1.807, 2.05) is 6.07 Å². The summed E-state index contributed by atoms with van der Waals surface area (Å²) in [5.74, 6) is 1.40. The Morgan fingerprint density at radius 3 is 2.79 bits per heavy atom. The van der Waals surface area contributed by atoms with Crippen LogP contribution >= 0.6 is 0 Å². The van der Waals surface area contributed by atoms with Gasteiger partial charge in [-0.2, -0.15) is 0 Å². The van der Waals surface area contributed by atoms with Crippen molar-refractivity contribution in [3.05, 3.63) is 59.3 Å². The third-order valence-corrected chi connectivity index (χ3v) is 4.60. The highest BCUT2D eigenvalue weighted by molar-refractivity contribution is 6.07. The van der Waals surface area contributed by atoms with Gasteiger partial charge < -0.3 is 30.2 Å². The standard InChI is InChI=1S/C20H19N3O5/c1-11-17(19(24)22-13-5-3-4-6-14(13)26-2)18(23-20(25)21-11)12-7-8-15-16(9-12)28-10-27-15/h3-9,18H,10H2,1-2H3,(H,22,24)(H2,21,23,25)/t18-/m1/s1. The van der Waals surface area contributed by atoms with Crippen LogP contribution < -0.4 is 30.2 Å². The van der Waals surface area contributed by atoms with E-state index in [2.05, 4.69) is 16.0 Å². The zero-order valence-corrected chi connectivity index (χ0v) is 15.4. The molecular weight excluding hydrogens is 362 g/mol. The maximum Gasteiger partial charge on any atom is 0.319 e. The molecule has 3 N–H and O–H groups in total. The summed E-state index contributed by atoms with van der Waals surface area (Å²) in [6, 6.07) is 11.4. The smallest absolute Gasteiger partial charge is 0.319 e. The zero-order chi connectivity index (χ0) is 19.7. The van der Waals surface area contributed by atoms with Crippen LogP contribution in [0, 0.1) is 0 Å². The van der Waals surface area contributed by atoms with Gasteiger partial charge in [0.2, 0.25) is 6.79 Å². The molecule has 3 amide bonds. The molecule has 8 heteroatoms. The zero-order valence-electron chi connectivity index (χ0n) is 15.4. The van der Waals surface area contributed by atoms with Crippen molar-refractivity contribution in [2.75, 3.05) is 19.2 Å². The number of urea groups is 1. The Labute approximate surface area is 161 Å². The summed E-state index contributed by atoms with van der Waals surface area (Å²) in [5, 5.41) is 8.32. The van der Waals surface area contributed by atoms with Gasteiger partial charge in [-0.15, -0.1) is 0 Å². The molecule has 0 radical (unpaired) electrons. The van der Waals surface area contributed by atoms with Crippen molar-refractivity contribution >= 4 is 17.6 Å². The molecule has 8 nitrogen and oxygen atoms in total. The molecular formula is C20H19N3O5. The van der Waals surface area contributed by atoms with Crippen LogP contribution in [0.4, 0.5) is 10.5 Å². The number of rotatable bonds is 4. The molecule has 144 valence electrons. The lowest BCUT2D eigenvalue weighted by molar-refractivity contribution is -0.113. The van der Waals surface area contributed by atoms with E-state index in [1.54, 1.807) is 43.3 Å². The number of anilines is 1. The Morgan fingerprint density at radius 1 is 1.18 bits per heavy atom. The van der Waals surface area contributed by atoms with Crippen LogP contribution in [-0.4, -0.2) is 25.8 Å². The van der Waals surface area contributed by atoms with E-state index in [0.717, 1.165) is 0 Å². The molecule has 2 aromatic carbocycles. The normalized spacial score (nSPS) is 17.6. The van der Waals surface area contributed by atoms with Crippen LogP contribution in [0.15, 0.2) is 53.7 Å². The van der Waals surface area contributed by atoms with Crippen LogP contribution in [-0.2, 0) is 4.79 Å². The Balaban J connectivity index is 1.68. The van der Waals surface area contributed by atoms with Crippen molar-refractivity contribution in [2.24, 2.45) is 0 Å². The molecule has 0 fully saturated rings. The fraction of sp³-hybridized carbons (Fsp3) is 0.200. The number of ether oxygens (including phenoxy) is 3. The highest BCUT2D eigenvalue weighted by Crippen LogP contribution is 2.37. The van der Waals surface area contributed by atoms with Gasteiger partial charge in [0.15, 0.2) is 11.5 Å². The van der Waals surface area contributed by atoms with Crippen LogP contribution in [0.3, 0.4) is 0 Å². The number of carbonyl (C=O) groups is 2. The van der Waals surface area contributed by atoms with Gasteiger partial charge in [-0.1, -0.05) is 18.2 Å². The molecule has 2 aliphatic rings.